The summed E-state index contributed by atoms with van der Waals surface area (Å²) < 4.78 is 5.05. The van der Waals surface area contributed by atoms with Gasteiger partial charge in [0.25, 0.3) is 0 Å². The molecule has 134 valence electrons. The maximum atomic E-state index is 11.3. The highest BCUT2D eigenvalue weighted by Gasteiger charge is 2.31. The molecule has 24 heavy (non-hydrogen) atoms. The molecule has 0 bridgehead atoms. The molecule has 0 spiro atoms. The third-order valence-corrected chi connectivity index (χ3v) is 4.29. The van der Waals surface area contributed by atoms with Crippen LogP contribution in [0, 0.1) is 11.5 Å². The van der Waals surface area contributed by atoms with E-state index < -0.39 is 38.5 Å². The second-order valence-electron chi connectivity index (χ2n) is 7.21. The van der Waals surface area contributed by atoms with E-state index in [1.165, 1.54) is 0 Å². The van der Waals surface area contributed by atoms with E-state index >= 15 is 0 Å². The van der Waals surface area contributed by atoms with Crippen LogP contribution in [0.5, 0.6) is 0 Å². The third-order valence-electron chi connectivity index (χ3n) is 3.36. The van der Waals surface area contributed by atoms with E-state index in [1.807, 2.05) is 0 Å². The highest BCUT2D eigenvalue weighted by molar-refractivity contribution is 6.83. The first-order valence-corrected chi connectivity index (χ1v) is 11.7. The molecule has 0 amide bonds. The van der Waals surface area contributed by atoms with Crippen molar-refractivity contribution >= 4 is 14.0 Å². The van der Waals surface area contributed by atoms with Crippen molar-refractivity contribution in [3.05, 3.63) is 23.8 Å². The van der Waals surface area contributed by atoms with Crippen LogP contribution in [0.4, 0.5) is 0 Å². The maximum Gasteiger partial charge on any atom is 0.308 e. The normalized spacial score (nSPS) is 25.0. The molecule has 0 aromatic carbocycles. The molecule has 0 saturated carbocycles. The molecule has 0 unspecified atom stereocenters. The first-order chi connectivity index (χ1) is 11.1. The molecule has 3 N–H and O–H groups in total. The van der Waals surface area contributed by atoms with E-state index in [0.717, 1.165) is 5.57 Å². The summed E-state index contributed by atoms with van der Waals surface area (Å²) in [5, 5.41) is 29.5. The van der Waals surface area contributed by atoms with Gasteiger partial charge >= 0.3 is 5.97 Å². The van der Waals surface area contributed by atoms with Crippen LogP contribution in [0.2, 0.25) is 19.6 Å². The first-order valence-electron chi connectivity index (χ1n) is 8.17. The zero-order chi connectivity index (χ0) is 18.3. The number of carbonyl (C=O) groups is 1. The van der Waals surface area contributed by atoms with Crippen LogP contribution in [0.15, 0.2) is 23.8 Å². The Labute approximate surface area is 145 Å². The molecule has 0 aliphatic carbocycles. The van der Waals surface area contributed by atoms with Gasteiger partial charge in [-0.2, -0.15) is 0 Å². The Morgan fingerprint density at radius 2 is 2.08 bits per heavy atom. The fourth-order valence-electron chi connectivity index (χ4n) is 2.20. The molecule has 0 aromatic heterocycles. The summed E-state index contributed by atoms with van der Waals surface area (Å²) in [5.41, 5.74) is 3.92. The predicted octanol–water partition coefficient (Wildman–Crippen LogP) is 1.55. The van der Waals surface area contributed by atoms with Crippen LogP contribution in [-0.4, -0.2) is 53.8 Å². The van der Waals surface area contributed by atoms with Crippen LogP contribution in [0.1, 0.15) is 26.2 Å². The highest BCUT2D eigenvalue weighted by atomic mass is 28.3. The van der Waals surface area contributed by atoms with Gasteiger partial charge in [0, 0.05) is 12.8 Å². The average Bonchev–Trinajstić information content (AvgIpc) is 2.42. The van der Waals surface area contributed by atoms with E-state index in [0.29, 0.717) is 6.42 Å². The third kappa shape index (κ3) is 8.46. The number of aliphatic hydroxyl groups excluding tert-OH is 3. The Kier molecular flexibility index (Phi) is 7.90. The van der Waals surface area contributed by atoms with Crippen LogP contribution < -0.4 is 0 Å². The Bertz CT molecular complexity index is 550. The van der Waals surface area contributed by atoms with Gasteiger partial charge in [-0.1, -0.05) is 37.4 Å². The van der Waals surface area contributed by atoms with E-state index in [-0.39, 0.29) is 12.8 Å². The van der Waals surface area contributed by atoms with Gasteiger partial charge in [-0.15, -0.1) is 11.5 Å². The van der Waals surface area contributed by atoms with Crippen LogP contribution in [-0.2, 0) is 9.53 Å². The number of rotatable bonds is 5. The molecule has 1 saturated heterocycles. The molecule has 1 heterocycles. The minimum atomic E-state index is -1.42. The number of hydrogen-bond acceptors (Lipinski definition) is 5. The second kappa shape index (κ2) is 9.18. The Morgan fingerprint density at radius 3 is 2.67 bits per heavy atom. The van der Waals surface area contributed by atoms with Crippen molar-refractivity contribution in [2.45, 2.75) is 70.2 Å². The van der Waals surface area contributed by atoms with Crippen LogP contribution in [0.25, 0.3) is 0 Å². The van der Waals surface area contributed by atoms with Gasteiger partial charge in [0.15, 0.2) is 0 Å². The summed E-state index contributed by atoms with van der Waals surface area (Å²) in [6.07, 6.45) is 2.27. The minimum absolute atomic E-state index is 0.0313. The van der Waals surface area contributed by atoms with E-state index in [2.05, 4.69) is 31.1 Å². The fourth-order valence-corrected chi connectivity index (χ4v) is 2.83. The smallest absolute Gasteiger partial charge is 0.308 e. The van der Waals surface area contributed by atoms with E-state index in [9.17, 15) is 20.1 Å². The Balaban J connectivity index is 2.55. The van der Waals surface area contributed by atoms with E-state index in [1.54, 1.807) is 25.2 Å². The van der Waals surface area contributed by atoms with Gasteiger partial charge in [0.1, 0.15) is 20.3 Å². The number of cyclic esters (lactones) is 1. The van der Waals surface area contributed by atoms with Crippen LogP contribution >= 0.6 is 0 Å². The molecule has 0 aromatic rings. The van der Waals surface area contributed by atoms with Gasteiger partial charge in [-0.05, 0) is 13.0 Å². The standard InChI is InChI=1S/C18H28O5Si/c1-13(7-8-14(19)6-5-9-24(2,3)4)10-16(21)17-11-15(20)12-18(22)23-17/h7-8,10,14-17,19-21H,6,11-12H2,1-4H3/b8-7+,13-10+/t14-,15-,16-,17-/m1/s1. The predicted molar refractivity (Wildman–Crippen MR) is 95.8 cm³/mol. The summed E-state index contributed by atoms with van der Waals surface area (Å²) in [5.74, 6) is 2.50. The van der Waals surface area contributed by atoms with Crippen LogP contribution in [0.3, 0.4) is 0 Å². The number of carbonyl (C=O) groups excluding carboxylic acids is 1. The first kappa shape index (κ1) is 20.7. The Hall–Kier alpha value is -1.39. The van der Waals surface area contributed by atoms with Crippen molar-refractivity contribution in [1.29, 1.82) is 0 Å². The van der Waals surface area contributed by atoms with Gasteiger partial charge in [0.2, 0.25) is 0 Å². The molecule has 0 radical (unpaired) electrons. The second-order valence-corrected chi connectivity index (χ2v) is 12.0. The number of esters is 1. The molecule has 4 atom stereocenters. The molecular weight excluding hydrogens is 324 g/mol. The number of aliphatic hydroxyl groups is 3. The zero-order valence-electron chi connectivity index (χ0n) is 14.8. The minimum Gasteiger partial charge on any atom is -0.459 e. The molecule has 5 nitrogen and oxygen atoms in total. The summed E-state index contributed by atoms with van der Waals surface area (Å²) in [6.45, 7) is 8.21. The van der Waals surface area contributed by atoms with Gasteiger partial charge in [-0.3, -0.25) is 4.79 Å². The lowest BCUT2D eigenvalue weighted by Crippen LogP contribution is -2.39. The summed E-state index contributed by atoms with van der Waals surface area (Å²) in [4.78, 5) is 11.3. The van der Waals surface area contributed by atoms with Crippen molar-refractivity contribution in [2.24, 2.45) is 0 Å². The lowest BCUT2D eigenvalue weighted by atomic mass is 10.00. The summed E-state index contributed by atoms with van der Waals surface area (Å²) >= 11 is 0. The van der Waals surface area contributed by atoms with Gasteiger partial charge < -0.3 is 20.1 Å². The zero-order valence-corrected chi connectivity index (χ0v) is 15.8. The summed E-state index contributed by atoms with van der Waals surface area (Å²) in [6, 6.07) is 0. The fraction of sp³-hybridized carbons (Fsp3) is 0.611. The van der Waals surface area contributed by atoms with E-state index in [4.69, 9.17) is 4.74 Å². The molecule has 1 aliphatic rings. The van der Waals surface area contributed by atoms with Crippen molar-refractivity contribution in [1.82, 2.24) is 0 Å². The van der Waals surface area contributed by atoms with Crippen molar-refractivity contribution in [3.8, 4) is 11.5 Å². The van der Waals surface area contributed by atoms with Crippen molar-refractivity contribution in [2.75, 3.05) is 0 Å². The highest BCUT2D eigenvalue weighted by Crippen LogP contribution is 2.19. The van der Waals surface area contributed by atoms with Gasteiger partial charge in [-0.25, -0.2) is 0 Å². The number of ether oxygens (including phenoxy) is 1. The SMILES string of the molecule is CC(/C=C/[C@H](O)CC#C[Si](C)(C)C)=C\[C@@H](O)[C@H]1C[C@@H](O)CC(=O)O1. The quantitative estimate of drug-likeness (QED) is 0.302. The molecule has 6 heteroatoms. The number of allylic oxidation sites excluding steroid dienone is 2. The van der Waals surface area contributed by atoms with Gasteiger partial charge in [0.05, 0.1) is 18.6 Å². The van der Waals surface area contributed by atoms with Crippen molar-refractivity contribution in [3.63, 3.8) is 0 Å². The van der Waals surface area contributed by atoms with Crippen molar-refractivity contribution < 1.29 is 24.9 Å². The Morgan fingerprint density at radius 1 is 1.42 bits per heavy atom. The molecule has 1 rings (SSSR count). The lowest BCUT2D eigenvalue weighted by Gasteiger charge is -2.28. The molecule has 1 aliphatic heterocycles. The lowest BCUT2D eigenvalue weighted by molar-refractivity contribution is -0.166. The number of hydrogen-bond donors (Lipinski definition) is 3. The molecular formula is C18H28O5Si. The monoisotopic (exact) mass is 352 g/mol. The maximum absolute atomic E-state index is 11.3. The largest absolute Gasteiger partial charge is 0.459 e. The summed E-state index contributed by atoms with van der Waals surface area (Å²) in [7, 11) is -1.42. The topological polar surface area (TPSA) is 87.0 Å². The molecule has 1 fully saturated rings. The average molecular weight is 353 g/mol.